The molecule has 0 aliphatic rings. The third-order valence-electron chi connectivity index (χ3n) is 3.29. The van der Waals surface area contributed by atoms with Gasteiger partial charge in [-0.25, -0.2) is 4.98 Å². The van der Waals surface area contributed by atoms with E-state index in [0.717, 1.165) is 28.0 Å². The van der Waals surface area contributed by atoms with Crippen LogP contribution in [0.1, 0.15) is 0 Å². The lowest BCUT2D eigenvalue weighted by Gasteiger charge is -2.09. The number of rotatable bonds is 4. The molecular weight excluding hydrogens is 264 g/mol. The van der Waals surface area contributed by atoms with E-state index in [1.54, 1.807) is 13.3 Å². The first-order valence-corrected chi connectivity index (χ1v) is 6.68. The minimum Gasteiger partial charge on any atom is -0.497 e. The Morgan fingerprint density at radius 2 is 1.71 bits per heavy atom. The zero-order chi connectivity index (χ0) is 14.7. The smallest absolute Gasteiger partial charge is 0.227 e. The van der Waals surface area contributed by atoms with E-state index < -0.39 is 0 Å². The fraction of sp³-hybridized carbons (Fsp3) is 0.118. The molecule has 3 rings (SSSR count). The molecule has 0 spiro atoms. The van der Waals surface area contributed by atoms with E-state index in [9.17, 15) is 0 Å². The van der Waals surface area contributed by atoms with Crippen LogP contribution >= 0.6 is 0 Å². The Balaban J connectivity index is 1.98. The first kappa shape index (κ1) is 13.2. The Labute approximate surface area is 123 Å². The molecule has 0 fully saturated rings. The molecule has 0 aliphatic heterocycles. The summed E-state index contributed by atoms with van der Waals surface area (Å²) < 4.78 is 11.2. The van der Waals surface area contributed by atoms with E-state index in [2.05, 4.69) is 10.3 Å². The molecule has 4 heteroatoms. The van der Waals surface area contributed by atoms with E-state index in [1.165, 1.54) is 0 Å². The molecule has 0 saturated heterocycles. The van der Waals surface area contributed by atoms with Crippen molar-refractivity contribution in [1.82, 2.24) is 4.98 Å². The second-order valence-electron chi connectivity index (χ2n) is 4.58. The van der Waals surface area contributed by atoms with Crippen LogP contribution in [0.15, 0.2) is 54.7 Å². The van der Waals surface area contributed by atoms with Gasteiger partial charge in [0, 0.05) is 24.3 Å². The first-order chi connectivity index (χ1) is 10.3. The van der Waals surface area contributed by atoms with Gasteiger partial charge in [-0.05, 0) is 47.9 Å². The summed E-state index contributed by atoms with van der Waals surface area (Å²) in [5.41, 5.74) is 1.04. The number of aromatic nitrogens is 1. The Morgan fingerprint density at radius 1 is 0.952 bits per heavy atom. The molecule has 21 heavy (non-hydrogen) atoms. The summed E-state index contributed by atoms with van der Waals surface area (Å²) in [7, 11) is 3.53. The zero-order valence-electron chi connectivity index (χ0n) is 12.0. The monoisotopic (exact) mass is 280 g/mol. The first-order valence-electron chi connectivity index (χ1n) is 6.68. The molecular formula is C17H16N2O2. The van der Waals surface area contributed by atoms with Gasteiger partial charge < -0.3 is 14.8 Å². The Kier molecular flexibility index (Phi) is 3.60. The Hall–Kier alpha value is -2.75. The summed E-state index contributed by atoms with van der Waals surface area (Å²) in [6.45, 7) is 0. The van der Waals surface area contributed by atoms with E-state index >= 15 is 0 Å². The maximum atomic E-state index is 5.90. The van der Waals surface area contributed by atoms with Gasteiger partial charge in [0.15, 0.2) is 0 Å². The van der Waals surface area contributed by atoms with Gasteiger partial charge >= 0.3 is 0 Å². The van der Waals surface area contributed by atoms with Crippen LogP contribution in [-0.4, -0.2) is 19.1 Å². The van der Waals surface area contributed by atoms with E-state index in [4.69, 9.17) is 9.47 Å². The van der Waals surface area contributed by atoms with Crippen molar-refractivity contribution in [1.29, 1.82) is 0 Å². The average Bonchev–Trinajstić information content (AvgIpc) is 2.55. The number of hydrogen-bond acceptors (Lipinski definition) is 4. The van der Waals surface area contributed by atoms with Crippen LogP contribution in [0, 0.1) is 0 Å². The van der Waals surface area contributed by atoms with Crippen molar-refractivity contribution >= 4 is 16.5 Å². The maximum absolute atomic E-state index is 5.90. The highest BCUT2D eigenvalue weighted by molar-refractivity contribution is 5.88. The molecule has 106 valence electrons. The molecule has 4 nitrogen and oxygen atoms in total. The SMILES string of the molecule is CNc1ccc(Oc2nccc3ccc(OC)cc23)cc1. The van der Waals surface area contributed by atoms with Crippen molar-refractivity contribution in [2.75, 3.05) is 19.5 Å². The van der Waals surface area contributed by atoms with Crippen molar-refractivity contribution in [3.05, 3.63) is 54.7 Å². The lowest BCUT2D eigenvalue weighted by atomic mass is 10.1. The van der Waals surface area contributed by atoms with Crippen LogP contribution in [0.25, 0.3) is 10.8 Å². The predicted octanol–water partition coefficient (Wildman–Crippen LogP) is 4.08. The lowest BCUT2D eigenvalue weighted by molar-refractivity contribution is 0.415. The number of nitrogens with one attached hydrogen (secondary N) is 1. The highest BCUT2D eigenvalue weighted by atomic mass is 16.5. The summed E-state index contributed by atoms with van der Waals surface area (Å²) >= 11 is 0. The van der Waals surface area contributed by atoms with Gasteiger partial charge in [-0.15, -0.1) is 0 Å². The van der Waals surface area contributed by atoms with Crippen molar-refractivity contribution in [2.45, 2.75) is 0 Å². The second-order valence-corrected chi connectivity index (χ2v) is 4.58. The highest BCUT2D eigenvalue weighted by Gasteiger charge is 2.06. The number of fused-ring (bicyclic) bond motifs is 1. The third kappa shape index (κ3) is 2.74. The number of benzene rings is 2. The maximum Gasteiger partial charge on any atom is 0.227 e. The molecule has 1 heterocycles. The molecule has 1 aromatic heterocycles. The van der Waals surface area contributed by atoms with Gasteiger partial charge in [0.05, 0.1) is 7.11 Å². The molecule has 0 amide bonds. The molecule has 1 N–H and O–H groups in total. The largest absolute Gasteiger partial charge is 0.497 e. The number of pyridine rings is 1. The van der Waals surface area contributed by atoms with Crippen molar-refractivity contribution in [3.8, 4) is 17.4 Å². The number of ether oxygens (including phenoxy) is 2. The minimum absolute atomic E-state index is 0.573. The lowest BCUT2D eigenvalue weighted by Crippen LogP contribution is -1.91. The highest BCUT2D eigenvalue weighted by Crippen LogP contribution is 2.30. The van der Waals surface area contributed by atoms with E-state index in [1.807, 2.05) is 55.6 Å². The van der Waals surface area contributed by atoms with Crippen molar-refractivity contribution in [2.24, 2.45) is 0 Å². The summed E-state index contributed by atoms with van der Waals surface area (Å²) in [5, 5.41) is 5.06. The van der Waals surface area contributed by atoms with Gasteiger partial charge in [0.2, 0.25) is 5.88 Å². The standard InChI is InChI=1S/C17H16N2O2/c1-18-13-4-7-14(8-5-13)21-17-16-11-15(20-2)6-3-12(16)9-10-19-17/h3-11,18H,1-2H3. The molecule has 3 aromatic rings. The topological polar surface area (TPSA) is 43.4 Å². The second kappa shape index (κ2) is 5.71. The van der Waals surface area contributed by atoms with Crippen molar-refractivity contribution in [3.63, 3.8) is 0 Å². The van der Waals surface area contributed by atoms with Crippen LogP contribution in [0.4, 0.5) is 5.69 Å². The van der Waals surface area contributed by atoms with Gasteiger partial charge in [-0.2, -0.15) is 0 Å². The number of anilines is 1. The molecule has 0 atom stereocenters. The summed E-state index contributed by atoms with van der Waals surface area (Å²) in [4.78, 5) is 4.33. The van der Waals surface area contributed by atoms with Crippen LogP contribution < -0.4 is 14.8 Å². The fourth-order valence-electron chi connectivity index (χ4n) is 2.13. The molecule has 0 bridgehead atoms. The van der Waals surface area contributed by atoms with Crippen molar-refractivity contribution < 1.29 is 9.47 Å². The molecule has 2 aromatic carbocycles. The number of hydrogen-bond donors (Lipinski definition) is 1. The van der Waals surface area contributed by atoms with Gasteiger partial charge in [-0.1, -0.05) is 6.07 Å². The predicted molar refractivity (Wildman–Crippen MR) is 84.4 cm³/mol. The average molecular weight is 280 g/mol. The van der Waals surface area contributed by atoms with Crippen LogP contribution in [-0.2, 0) is 0 Å². The number of methoxy groups -OCH3 is 1. The quantitative estimate of drug-likeness (QED) is 0.782. The van der Waals surface area contributed by atoms with Gasteiger partial charge in [0.1, 0.15) is 11.5 Å². The third-order valence-corrected chi connectivity index (χ3v) is 3.29. The molecule has 0 aliphatic carbocycles. The minimum atomic E-state index is 0.573. The summed E-state index contributed by atoms with van der Waals surface area (Å²) in [6.07, 6.45) is 1.74. The molecule has 0 unspecified atom stereocenters. The number of nitrogens with zero attached hydrogens (tertiary/aromatic N) is 1. The van der Waals surface area contributed by atoms with Crippen LogP contribution in [0.3, 0.4) is 0 Å². The Bertz CT molecular complexity index is 754. The Morgan fingerprint density at radius 3 is 2.43 bits per heavy atom. The normalized spacial score (nSPS) is 10.4. The van der Waals surface area contributed by atoms with E-state index in [-0.39, 0.29) is 0 Å². The summed E-state index contributed by atoms with van der Waals surface area (Å²) in [5.74, 6) is 2.10. The van der Waals surface area contributed by atoms with Gasteiger partial charge in [0.25, 0.3) is 0 Å². The summed E-state index contributed by atoms with van der Waals surface area (Å²) in [6, 6.07) is 15.5. The van der Waals surface area contributed by atoms with E-state index in [0.29, 0.717) is 5.88 Å². The fourth-order valence-corrected chi connectivity index (χ4v) is 2.13. The van der Waals surface area contributed by atoms with Crippen LogP contribution in [0.2, 0.25) is 0 Å². The molecule has 0 saturated carbocycles. The molecule has 0 radical (unpaired) electrons. The zero-order valence-corrected chi connectivity index (χ0v) is 12.0. The van der Waals surface area contributed by atoms with Gasteiger partial charge in [-0.3, -0.25) is 0 Å². The van der Waals surface area contributed by atoms with Crippen LogP contribution in [0.5, 0.6) is 17.4 Å².